The summed E-state index contributed by atoms with van der Waals surface area (Å²) in [4.78, 5) is 0.317. The highest BCUT2D eigenvalue weighted by Gasteiger charge is 2.33. The zero-order valence-electron chi connectivity index (χ0n) is 13.1. The van der Waals surface area contributed by atoms with E-state index >= 15 is 0 Å². The molecule has 118 valence electrons. The van der Waals surface area contributed by atoms with E-state index in [1.165, 1.54) is 0 Å². The van der Waals surface area contributed by atoms with Gasteiger partial charge in [-0.05, 0) is 48.3 Å². The Morgan fingerprint density at radius 1 is 1.29 bits per heavy atom. The zero-order valence-corrected chi connectivity index (χ0v) is 13.9. The molecule has 3 N–H and O–H groups in total. The molecule has 0 bridgehead atoms. The minimum absolute atomic E-state index is 0.0591. The molecule has 1 aliphatic carbocycles. The first-order valence-electron chi connectivity index (χ1n) is 7.63. The van der Waals surface area contributed by atoms with E-state index in [-0.39, 0.29) is 11.5 Å². The Balaban J connectivity index is 2.17. The van der Waals surface area contributed by atoms with E-state index in [1.807, 2.05) is 12.1 Å². The molecule has 0 amide bonds. The molecule has 1 aromatic rings. The summed E-state index contributed by atoms with van der Waals surface area (Å²) in [6, 6.07) is 7.06. The van der Waals surface area contributed by atoms with Gasteiger partial charge in [0.05, 0.1) is 4.90 Å². The van der Waals surface area contributed by atoms with Gasteiger partial charge in [0.25, 0.3) is 0 Å². The van der Waals surface area contributed by atoms with Crippen molar-refractivity contribution in [2.24, 2.45) is 11.7 Å². The van der Waals surface area contributed by atoms with Crippen molar-refractivity contribution in [3.8, 4) is 0 Å². The fraction of sp³-hybridized carbons (Fsp3) is 0.625. The molecule has 0 saturated heterocycles. The zero-order chi connectivity index (χ0) is 15.7. The first-order valence-corrected chi connectivity index (χ1v) is 9.11. The number of hydrogen-bond donors (Lipinski definition) is 2. The Morgan fingerprint density at radius 3 is 2.29 bits per heavy atom. The van der Waals surface area contributed by atoms with Gasteiger partial charge in [-0.2, -0.15) is 0 Å². The summed E-state index contributed by atoms with van der Waals surface area (Å²) in [7, 11) is -3.48. The van der Waals surface area contributed by atoms with Crippen molar-refractivity contribution in [3.63, 3.8) is 0 Å². The minimum Gasteiger partial charge on any atom is -0.329 e. The van der Waals surface area contributed by atoms with Crippen LogP contribution in [0.25, 0.3) is 0 Å². The SMILES string of the molecule is CCC(C)(C)c1ccc(S(=O)(=O)NC(CN)C2CC2)cc1. The minimum atomic E-state index is -3.48. The maximum Gasteiger partial charge on any atom is 0.240 e. The van der Waals surface area contributed by atoms with Crippen molar-refractivity contribution in [2.75, 3.05) is 6.54 Å². The average Bonchev–Trinajstić information content (AvgIpc) is 3.29. The molecule has 1 fully saturated rings. The van der Waals surface area contributed by atoms with Crippen molar-refractivity contribution in [2.45, 2.75) is 56.4 Å². The van der Waals surface area contributed by atoms with E-state index < -0.39 is 10.0 Å². The van der Waals surface area contributed by atoms with Crippen LogP contribution in [0.3, 0.4) is 0 Å². The molecule has 0 spiro atoms. The highest BCUT2D eigenvalue weighted by molar-refractivity contribution is 7.89. The van der Waals surface area contributed by atoms with E-state index in [2.05, 4.69) is 25.5 Å². The molecule has 21 heavy (non-hydrogen) atoms. The lowest BCUT2D eigenvalue weighted by Gasteiger charge is -2.23. The van der Waals surface area contributed by atoms with E-state index in [9.17, 15) is 8.42 Å². The third kappa shape index (κ3) is 3.84. The van der Waals surface area contributed by atoms with Gasteiger partial charge in [-0.15, -0.1) is 0 Å². The largest absolute Gasteiger partial charge is 0.329 e. The predicted octanol–water partition coefficient (Wildman–Crippen LogP) is 2.39. The lowest BCUT2D eigenvalue weighted by molar-refractivity contribution is 0.505. The van der Waals surface area contributed by atoms with Gasteiger partial charge in [-0.3, -0.25) is 0 Å². The molecule has 0 aromatic heterocycles. The van der Waals surface area contributed by atoms with Gasteiger partial charge in [0.1, 0.15) is 0 Å². The third-order valence-corrected chi connectivity index (χ3v) is 6.09. The van der Waals surface area contributed by atoms with Crippen LogP contribution < -0.4 is 10.5 Å². The fourth-order valence-corrected chi connectivity index (χ4v) is 3.71. The Labute approximate surface area is 128 Å². The summed E-state index contributed by atoms with van der Waals surface area (Å²) in [5.74, 6) is 0.406. The number of rotatable bonds is 7. The maximum atomic E-state index is 12.4. The molecule has 1 atom stereocenters. The summed E-state index contributed by atoms with van der Waals surface area (Å²) < 4.78 is 27.5. The molecule has 1 aliphatic rings. The first-order chi connectivity index (χ1) is 9.80. The Hall–Kier alpha value is -0.910. The molecular weight excluding hydrogens is 284 g/mol. The number of benzene rings is 1. The van der Waals surface area contributed by atoms with E-state index in [0.29, 0.717) is 17.4 Å². The van der Waals surface area contributed by atoms with Crippen LogP contribution in [0, 0.1) is 5.92 Å². The summed E-state index contributed by atoms with van der Waals surface area (Å²) in [6.07, 6.45) is 3.14. The second kappa shape index (κ2) is 6.07. The topological polar surface area (TPSA) is 72.2 Å². The molecule has 0 aliphatic heterocycles. The third-order valence-electron chi connectivity index (χ3n) is 4.58. The average molecular weight is 310 g/mol. The van der Waals surface area contributed by atoms with E-state index in [0.717, 1.165) is 24.8 Å². The van der Waals surface area contributed by atoms with Crippen LogP contribution in [0.5, 0.6) is 0 Å². The lowest BCUT2D eigenvalue weighted by atomic mass is 9.82. The molecule has 0 heterocycles. The summed E-state index contributed by atoms with van der Waals surface area (Å²) >= 11 is 0. The number of sulfonamides is 1. The van der Waals surface area contributed by atoms with Crippen LogP contribution in [-0.2, 0) is 15.4 Å². The van der Waals surface area contributed by atoms with E-state index in [4.69, 9.17) is 5.73 Å². The van der Waals surface area contributed by atoms with Gasteiger partial charge >= 0.3 is 0 Å². The standard InChI is InChI=1S/C16H26N2O2S/c1-4-16(2,3)13-7-9-14(10-8-13)21(19,20)18-15(11-17)12-5-6-12/h7-10,12,15,18H,4-6,11,17H2,1-3H3. The highest BCUT2D eigenvalue weighted by atomic mass is 32.2. The van der Waals surface area contributed by atoms with Crippen molar-refractivity contribution in [1.82, 2.24) is 4.72 Å². The van der Waals surface area contributed by atoms with Crippen LogP contribution in [0.15, 0.2) is 29.2 Å². The second-order valence-corrected chi connectivity index (χ2v) is 8.28. The predicted molar refractivity (Wildman–Crippen MR) is 85.6 cm³/mol. The molecule has 2 rings (SSSR count). The highest BCUT2D eigenvalue weighted by Crippen LogP contribution is 2.33. The van der Waals surface area contributed by atoms with Gasteiger partial charge in [-0.1, -0.05) is 32.9 Å². The van der Waals surface area contributed by atoms with Gasteiger partial charge in [0.2, 0.25) is 10.0 Å². The summed E-state index contributed by atoms with van der Waals surface area (Å²) in [6.45, 7) is 6.80. The fourth-order valence-electron chi connectivity index (χ4n) is 2.39. The molecular formula is C16H26N2O2S. The quantitative estimate of drug-likeness (QED) is 0.812. The summed E-state index contributed by atoms with van der Waals surface area (Å²) in [5.41, 5.74) is 6.88. The van der Waals surface area contributed by atoms with Crippen molar-refractivity contribution < 1.29 is 8.42 Å². The second-order valence-electron chi connectivity index (χ2n) is 6.56. The van der Waals surface area contributed by atoms with Gasteiger partial charge in [0.15, 0.2) is 0 Å². The molecule has 0 radical (unpaired) electrons. The smallest absolute Gasteiger partial charge is 0.240 e. The lowest BCUT2D eigenvalue weighted by Crippen LogP contribution is -2.41. The van der Waals surface area contributed by atoms with Crippen LogP contribution in [-0.4, -0.2) is 21.0 Å². The van der Waals surface area contributed by atoms with Crippen LogP contribution in [0.1, 0.15) is 45.6 Å². The molecule has 1 saturated carbocycles. The molecule has 1 aromatic carbocycles. The Kier molecular flexibility index (Phi) is 4.76. The number of hydrogen-bond acceptors (Lipinski definition) is 3. The van der Waals surface area contributed by atoms with Gasteiger partial charge < -0.3 is 5.73 Å². The first kappa shape index (κ1) is 16.5. The number of nitrogens with one attached hydrogen (secondary N) is 1. The normalized spacial score (nSPS) is 17.7. The van der Waals surface area contributed by atoms with E-state index in [1.54, 1.807) is 12.1 Å². The Bertz CT molecular complexity index is 575. The summed E-state index contributed by atoms with van der Waals surface area (Å²) in [5, 5.41) is 0. The number of nitrogens with two attached hydrogens (primary N) is 1. The Morgan fingerprint density at radius 2 is 1.86 bits per heavy atom. The monoisotopic (exact) mass is 310 g/mol. The van der Waals surface area contributed by atoms with Crippen LogP contribution >= 0.6 is 0 Å². The van der Waals surface area contributed by atoms with Crippen molar-refractivity contribution in [1.29, 1.82) is 0 Å². The molecule has 1 unspecified atom stereocenters. The van der Waals surface area contributed by atoms with Crippen molar-refractivity contribution in [3.05, 3.63) is 29.8 Å². The maximum absolute atomic E-state index is 12.4. The molecule has 4 nitrogen and oxygen atoms in total. The van der Waals surface area contributed by atoms with Gasteiger partial charge in [-0.25, -0.2) is 13.1 Å². The van der Waals surface area contributed by atoms with Gasteiger partial charge in [0, 0.05) is 12.6 Å². The van der Waals surface area contributed by atoms with Crippen LogP contribution in [0.4, 0.5) is 0 Å². The molecule has 5 heteroatoms. The van der Waals surface area contributed by atoms with Crippen molar-refractivity contribution >= 4 is 10.0 Å². The van der Waals surface area contributed by atoms with Crippen LogP contribution in [0.2, 0.25) is 0 Å².